The molecule has 1 aliphatic carbocycles. The first-order valence-corrected chi connectivity index (χ1v) is 7.89. The third kappa shape index (κ3) is 4.48. The molecule has 128 valence electrons. The molecule has 1 fully saturated rings. The first kappa shape index (κ1) is 17.8. The zero-order valence-corrected chi connectivity index (χ0v) is 13.4. The van der Waals surface area contributed by atoms with Gasteiger partial charge in [0.1, 0.15) is 0 Å². The van der Waals surface area contributed by atoms with E-state index in [1.165, 1.54) is 13.2 Å². The van der Waals surface area contributed by atoms with Gasteiger partial charge in [-0.1, -0.05) is 6.07 Å². The summed E-state index contributed by atoms with van der Waals surface area (Å²) in [5.41, 5.74) is 0.340. The maximum absolute atomic E-state index is 13.3. The molecule has 0 unspecified atom stereocenters. The Morgan fingerprint density at radius 1 is 1.26 bits per heavy atom. The number of nitrogens with one attached hydrogen (secondary N) is 1. The number of methoxy groups -OCH3 is 1. The number of benzene rings is 1. The van der Waals surface area contributed by atoms with Crippen molar-refractivity contribution in [2.75, 3.05) is 7.11 Å². The lowest BCUT2D eigenvalue weighted by Crippen LogP contribution is -2.42. The molecular formula is C17H23F2NO3. The number of hydrogen-bond donors (Lipinski definition) is 2. The molecule has 0 amide bonds. The Balaban J connectivity index is 1.88. The van der Waals surface area contributed by atoms with E-state index in [0.29, 0.717) is 5.56 Å². The molecule has 1 aromatic carbocycles. The number of carbonyl (C=O) groups excluding carboxylic acids is 1. The number of aliphatic hydroxyl groups excluding tert-OH is 1. The van der Waals surface area contributed by atoms with Gasteiger partial charge in [-0.15, -0.1) is 0 Å². The Morgan fingerprint density at radius 2 is 1.91 bits per heavy atom. The molecule has 0 aliphatic heterocycles. The van der Waals surface area contributed by atoms with Crippen LogP contribution in [0.15, 0.2) is 18.2 Å². The quantitative estimate of drug-likeness (QED) is 0.817. The second kappa shape index (κ2) is 7.84. The zero-order chi connectivity index (χ0) is 17.0. The summed E-state index contributed by atoms with van der Waals surface area (Å²) in [6.45, 7) is 1.80. The Hall–Kier alpha value is -1.53. The molecule has 2 N–H and O–H groups in total. The minimum absolute atomic E-state index is 0.0514. The topological polar surface area (TPSA) is 58.6 Å². The summed E-state index contributed by atoms with van der Waals surface area (Å²) in [5, 5.41) is 13.6. The number of carbonyl (C=O) groups is 1. The Labute approximate surface area is 134 Å². The molecule has 2 atom stereocenters. The predicted octanol–water partition coefficient (Wildman–Crippen LogP) is 2.71. The van der Waals surface area contributed by atoms with Crippen molar-refractivity contribution in [1.29, 1.82) is 0 Å². The van der Waals surface area contributed by atoms with Crippen LogP contribution >= 0.6 is 0 Å². The summed E-state index contributed by atoms with van der Waals surface area (Å²) in [6, 6.07) is 3.30. The van der Waals surface area contributed by atoms with E-state index in [2.05, 4.69) is 5.32 Å². The van der Waals surface area contributed by atoms with Gasteiger partial charge >= 0.3 is 5.97 Å². The minimum atomic E-state index is -0.965. The number of esters is 1. The van der Waals surface area contributed by atoms with E-state index in [1.54, 1.807) is 6.92 Å². The Morgan fingerprint density at radius 3 is 2.48 bits per heavy atom. The van der Waals surface area contributed by atoms with Crippen LogP contribution in [-0.4, -0.2) is 30.3 Å². The molecule has 0 bridgehead atoms. The molecule has 0 saturated heterocycles. The highest BCUT2D eigenvalue weighted by molar-refractivity contribution is 5.72. The highest BCUT2D eigenvalue weighted by atomic mass is 19.2. The van der Waals surface area contributed by atoms with Crippen LogP contribution in [0.5, 0.6) is 0 Å². The van der Waals surface area contributed by atoms with E-state index in [4.69, 9.17) is 4.74 Å². The molecule has 1 saturated carbocycles. The van der Waals surface area contributed by atoms with Crippen LogP contribution in [-0.2, 0) is 9.53 Å². The normalized spacial score (nSPS) is 24.0. The summed E-state index contributed by atoms with van der Waals surface area (Å²) in [4.78, 5) is 11.5. The van der Waals surface area contributed by atoms with Crippen molar-refractivity contribution in [2.45, 2.75) is 50.8 Å². The summed E-state index contributed by atoms with van der Waals surface area (Å²) in [7, 11) is 1.40. The van der Waals surface area contributed by atoms with Gasteiger partial charge in [-0.25, -0.2) is 8.78 Å². The van der Waals surface area contributed by atoms with Gasteiger partial charge in [0.15, 0.2) is 11.6 Å². The Kier molecular flexibility index (Phi) is 6.07. The molecule has 4 nitrogen and oxygen atoms in total. The van der Waals surface area contributed by atoms with E-state index in [9.17, 15) is 18.7 Å². The average molecular weight is 327 g/mol. The van der Waals surface area contributed by atoms with Crippen LogP contribution in [0.1, 0.15) is 44.3 Å². The van der Waals surface area contributed by atoms with Gasteiger partial charge in [0.05, 0.1) is 19.1 Å². The lowest BCUT2D eigenvalue weighted by atomic mass is 9.85. The van der Waals surface area contributed by atoms with Crippen molar-refractivity contribution in [3.63, 3.8) is 0 Å². The third-order valence-corrected chi connectivity index (χ3v) is 4.52. The van der Waals surface area contributed by atoms with Gasteiger partial charge in [-0.2, -0.15) is 0 Å². The van der Waals surface area contributed by atoms with Crippen molar-refractivity contribution in [1.82, 2.24) is 5.32 Å². The first-order valence-electron chi connectivity index (χ1n) is 7.89. The average Bonchev–Trinajstić information content (AvgIpc) is 2.56. The molecule has 0 radical (unpaired) electrons. The molecule has 2 rings (SSSR count). The number of halogens is 2. The number of rotatable bonds is 5. The standard InChI is InChI=1S/C17H23F2NO3/c1-10(16(21)12-5-8-14(18)15(19)9-12)20-13-6-3-11(4-7-13)17(22)23-2/h5,8-11,13,16,20-21H,3-4,6-7H2,1-2H3/t10-,11?,13?,16+/m0/s1. The van der Waals surface area contributed by atoms with E-state index in [0.717, 1.165) is 37.8 Å². The molecule has 0 heterocycles. The van der Waals surface area contributed by atoms with Crippen LogP contribution in [0.3, 0.4) is 0 Å². The van der Waals surface area contributed by atoms with Gasteiger partial charge in [0.25, 0.3) is 0 Å². The zero-order valence-electron chi connectivity index (χ0n) is 13.4. The lowest BCUT2D eigenvalue weighted by molar-refractivity contribution is -0.146. The van der Waals surface area contributed by atoms with E-state index < -0.39 is 17.7 Å². The molecule has 1 aromatic rings. The Bertz CT molecular complexity index is 545. The van der Waals surface area contributed by atoms with E-state index >= 15 is 0 Å². The molecule has 6 heteroatoms. The fourth-order valence-corrected chi connectivity index (χ4v) is 3.11. The van der Waals surface area contributed by atoms with Crippen LogP contribution in [0.25, 0.3) is 0 Å². The molecule has 23 heavy (non-hydrogen) atoms. The molecule has 0 aromatic heterocycles. The highest BCUT2D eigenvalue weighted by Gasteiger charge is 2.28. The van der Waals surface area contributed by atoms with Crippen molar-refractivity contribution >= 4 is 5.97 Å². The van der Waals surface area contributed by atoms with Gasteiger partial charge in [-0.05, 0) is 50.3 Å². The van der Waals surface area contributed by atoms with Crippen molar-refractivity contribution in [3.05, 3.63) is 35.4 Å². The summed E-state index contributed by atoms with van der Waals surface area (Å²) >= 11 is 0. The predicted molar refractivity (Wildman–Crippen MR) is 81.7 cm³/mol. The molecule has 0 spiro atoms. The van der Waals surface area contributed by atoms with Crippen molar-refractivity contribution in [3.8, 4) is 0 Å². The van der Waals surface area contributed by atoms with Crippen molar-refractivity contribution < 1.29 is 23.4 Å². The largest absolute Gasteiger partial charge is 0.469 e. The van der Waals surface area contributed by atoms with Crippen LogP contribution in [0, 0.1) is 17.6 Å². The smallest absolute Gasteiger partial charge is 0.308 e. The summed E-state index contributed by atoms with van der Waals surface area (Å²) in [5.74, 6) is -2.11. The third-order valence-electron chi connectivity index (χ3n) is 4.52. The second-order valence-electron chi connectivity index (χ2n) is 6.15. The summed E-state index contributed by atoms with van der Waals surface area (Å²) in [6.07, 6.45) is 2.20. The first-order chi connectivity index (χ1) is 10.9. The van der Waals surface area contributed by atoms with E-state index in [1.807, 2.05) is 0 Å². The molecular weight excluding hydrogens is 304 g/mol. The van der Waals surface area contributed by atoms with Crippen LogP contribution in [0.4, 0.5) is 8.78 Å². The van der Waals surface area contributed by atoms with Crippen LogP contribution in [0.2, 0.25) is 0 Å². The second-order valence-corrected chi connectivity index (χ2v) is 6.15. The number of hydrogen-bond acceptors (Lipinski definition) is 4. The van der Waals surface area contributed by atoms with E-state index in [-0.39, 0.29) is 24.0 Å². The minimum Gasteiger partial charge on any atom is -0.469 e. The lowest BCUT2D eigenvalue weighted by Gasteiger charge is -2.31. The van der Waals surface area contributed by atoms with Gasteiger partial charge < -0.3 is 15.2 Å². The van der Waals surface area contributed by atoms with Gasteiger partial charge in [0, 0.05) is 12.1 Å². The highest BCUT2D eigenvalue weighted by Crippen LogP contribution is 2.27. The van der Waals surface area contributed by atoms with Crippen molar-refractivity contribution in [2.24, 2.45) is 5.92 Å². The SMILES string of the molecule is COC(=O)C1CCC(N[C@@H](C)[C@@H](O)c2ccc(F)c(F)c2)CC1. The molecule has 1 aliphatic rings. The maximum atomic E-state index is 13.3. The number of ether oxygens (including phenoxy) is 1. The summed E-state index contributed by atoms with van der Waals surface area (Å²) < 4.78 is 31.0. The maximum Gasteiger partial charge on any atom is 0.308 e. The monoisotopic (exact) mass is 327 g/mol. The van der Waals surface area contributed by atoms with Gasteiger partial charge in [-0.3, -0.25) is 4.79 Å². The fourth-order valence-electron chi connectivity index (χ4n) is 3.11. The van der Waals surface area contributed by atoms with Crippen LogP contribution < -0.4 is 5.32 Å². The number of aliphatic hydroxyl groups is 1. The fraction of sp³-hybridized carbons (Fsp3) is 0.588. The van der Waals surface area contributed by atoms with Gasteiger partial charge in [0.2, 0.25) is 0 Å².